The molecule has 0 radical (unpaired) electrons. The largest absolute Gasteiger partial charge is 0.392 e. The minimum Gasteiger partial charge on any atom is -0.392 e. The Bertz CT molecular complexity index is 1220. The monoisotopic (exact) mass is 486 g/mol. The normalized spacial score (nSPS) is 34.5. The quantitative estimate of drug-likeness (QED) is 0.479. The van der Waals surface area contributed by atoms with Gasteiger partial charge in [0, 0.05) is 17.8 Å². The Morgan fingerprint density at radius 1 is 1.09 bits per heavy atom. The summed E-state index contributed by atoms with van der Waals surface area (Å²) in [7, 11) is 0. The van der Waals surface area contributed by atoms with Gasteiger partial charge in [-0.25, -0.2) is 0 Å². The molecular formula is C31H34O3S. The summed E-state index contributed by atoms with van der Waals surface area (Å²) >= 11 is 1.72. The molecule has 2 N–H and O–H groups in total. The number of aliphatic hydroxyl groups is 2. The first-order valence-corrected chi connectivity index (χ1v) is 14.0. The van der Waals surface area contributed by atoms with Crippen molar-refractivity contribution in [2.24, 2.45) is 17.3 Å². The standard InChI is InChI=1S/C31H34O3S/c1-30-18-27(21-5-3-20(4-6-21)23-12-16-35-19-23)29-25-10-8-24(33)17-22(25)7-9-26(29)28(30)11-14-31(30,34)13-2-15-32/h2-6,12-13,16-17,19,26-28,32,34H,7-11,14-15,18H2,1H3/b13-2-/t26-,27+,28-,30-,31?/m0/s1. The Hall–Kier alpha value is -2.27. The molecule has 1 unspecified atom stereocenters. The number of thiophene rings is 1. The number of carbonyl (C=O) groups excluding carboxylic acids is 1. The second-order valence-electron chi connectivity index (χ2n) is 11.2. The lowest BCUT2D eigenvalue weighted by atomic mass is 9.51. The van der Waals surface area contributed by atoms with Gasteiger partial charge in [0.05, 0.1) is 12.2 Å². The smallest absolute Gasteiger partial charge is 0.156 e. The van der Waals surface area contributed by atoms with Crippen molar-refractivity contribution < 1.29 is 15.0 Å². The minimum absolute atomic E-state index is 0.0442. The third-order valence-electron chi connectivity index (χ3n) is 9.62. The van der Waals surface area contributed by atoms with E-state index in [9.17, 15) is 15.0 Å². The van der Waals surface area contributed by atoms with Crippen molar-refractivity contribution >= 4 is 17.1 Å². The highest BCUT2D eigenvalue weighted by molar-refractivity contribution is 7.08. The maximum absolute atomic E-state index is 12.2. The van der Waals surface area contributed by atoms with Gasteiger partial charge in [-0.05, 0) is 101 Å². The maximum atomic E-state index is 12.2. The molecular weight excluding hydrogens is 452 g/mol. The van der Waals surface area contributed by atoms with E-state index in [0.29, 0.717) is 18.3 Å². The number of rotatable bonds is 4. The lowest BCUT2D eigenvalue weighted by Gasteiger charge is -2.54. The fourth-order valence-corrected chi connectivity index (χ4v) is 8.52. The van der Waals surface area contributed by atoms with Gasteiger partial charge in [0.15, 0.2) is 5.78 Å². The number of hydrogen-bond donors (Lipinski definition) is 2. The van der Waals surface area contributed by atoms with E-state index in [1.165, 1.54) is 27.8 Å². The second-order valence-corrected chi connectivity index (χ2v) is 12.0. The maximum Gasteiger partial charge on any atom is 0.156 e. The second kappa shape index (κ2) is 8.69. The van der Waals surface area contributed by atoms with E-state index in [0.717, 1.165) is 38.5 Å². The molecule has 4 aliphatic carbocycles. The molecule has 2 aromatic rings. The summed E-state index contributed by atoms with van der Waals surface area (Å²) < 4.78 is 0. The van der Waals surface area contributed by atoms with Crippen molar-refractivity contribution in [1.29, 1.82) is 0 Å². The number of hydrogen-bond acceptors (Lipinski definition) is 4. The molecule has 0 spiro atoms. The van der Waals surface area contributed by atoms with Gasteiger partial charge < -0.3 is 10.2 Å². The van der Waals surface area contributed by atoms with Crippen molar-refractivity contribution in [3.05, 3.63) is 81.6 Å². The molecule has 5 atom stereocenters. The average Bonchev–Trinajstić information content (AvgIpc) is 3.49. The zero-order valence-electron chi connectivity index (χ0n) is 20.4. The van der Waals surface area contributed by atoms with Crippen molar-refractivity contribution in [2.45, 2.75) is 63.4 Å². The summed E-state index contributed by atoms with van der Waals surface area (Å²) in [6.45, 7) is 2.24. The van der Waals surface area contributed by atoms with Crippen LogP contribution >= 0.6 is 11.3 Å². The van der Waals surface area contributed by atoms with Crippen LogP contribution in [0.1, 0.15) is 63.4 Å². The summed E-state index contributed by atoms with van der Waals surface area (Å²) in [6.07, 6.45) is 11.7. The lowest BCUT2D eigenvalue weighted by Crippen LogP contribution is -2.50. The number of allylic oxidation sites excluding steroid dienone is 4. The van der Waals surface area contributed by atoms with E-state index in [1.807, 2.05) is 12.2 Å². The molecule has 1 aromatic carbocycles. The SMILES string of the molecule is C[C@]12C[C@H](c3ccc(-c4ccsc4)cc3)C3=C4CCC(=O)C=C4CC[C@H]3[C@@H]1CCC2(O)/C=C\CO. The van der Waals surface area contributed by atoms with Gasteiger partial charge in [0.1, 0.15) is 0 Å². The minimum atomic E-state index is -0.899. The Morgan fingerprint density at radius 3 is 2.66 bits per heavy atom. The van der Waals surface area contributed by atoms with Crippen LogP contribution in [0.5, 0.6) is 0 Å². The van der Waals surface area contributed by atoms with E-state index in [4.69, 9.17) is 0 Å². The fourth-order valence-electron chi connectivity index (χ4n) is 7.86. The Morgan fingerprint density at radius 2 is 1.91 bits per heavy atom. The average molecular weight is 487 g/mol. The van der Waals surface area contributed by atoms with Crippen LogP contribution in [0.2, 0.25) is 0 Å². The van der Waals surface area contributed by atoms with Crippen LogP contribution in [0, 0.1) is 17.3 Å². The zero-order valence-corrected chi connectivity index (χ0v) is 21.2. The number of aliphatic hydroxyl groups excluding tert-OH is 1. The zero-order chi connectivity index (χ0) is 24.2. The molecule has 4 aliphatic rings. The highest BCUT2D eigenvalue weighted by Gasteiger charge is 2.61. The molecule has 0 saturated heterocycles. The van der Waals surface area contributed by atoms with Crippen LogP contribution in [0.4, 0.5) is 0 Å². The Labute approximate surface area is 211 Å². The third kappa shape index (κ3) is 3.64. The molecule has 4 heteroatoms. The molecule has 2 fully saturated rings. The molecule has 182 valence electrons. The van der Waals surface area contributed by atoms with Crippen LogP contribution in [-0.4, -0.2) is 28.2 Å². The van der Waals surface area contributed by atoms with Crippen molar-refractivity contribution in [1.82, 2.24) is 0 Å². The summed E-state index contributed by atoms with van der Waals surface area (Å²) in [5.74, 6) is 1.35. The van der Waals surface area contributed by atoms with E-state index < -0.39 is 5.60 Å². The highest BCUT2D eigenvalue weighted by atomic mass is 32.1. The summed E-state index contributed by atoms with van der Waals surface area (Å²) in [4.78, 5) is 12.2. The molecule has 6 rings (SSSR count). The third-order valence-corrected chi connectivity index (χ3v) is 10.3. The molecule has 0 amide bonds. The van der Waals surface area contributed by atoms with E-state index >= 15 is 0 Å². The van der Waals surface area contributed by atoms with Gasteiger partial charge in [0.2, 0.25) is 0 Å². The fraction of sp³-hybridized carbons (Fsp3) is 0.452. The van der Waals surface area contributed by atoms with Gasteiger partial charge in [-0.15, -0.1) is 0 Å². The van der Waals surface area contributed by atoms with E-state index in [1.54, 1.807) is 23.0 Å². The predicted octanol–water partition coefficient (Wildman–Crippen LogP) is 6.59. The molecule has 3 nitrogen and oxygen atoms in total. The summed E-state index contributed by atoms with van der Waals surface area (Å²) in [6, 6.07) is 11.2. The van der Waals surface area contributed by atoms with Crippen molar-refractivity contribution in [3.8, 4) is 11.1 Å². The first-order valence-electron chi connectivity index (χ1n) is 13.0. The molecule has 35 heavy (non-hydrogen) atoms. The van der Waals surface area contributed by atoms with Gasteiger partial charge in [-0.2, -0.15) is 11.3 Å². The predicted molar refractivity (Wildman–Crippen MR) is 141 cm³/mol. The van der Waals surface area contributed by atoms with Gasteiger partial charge >= 0.3 is 0 Å². The molecule has 0 aliphatic heterocycles. The van der Waals surface area contributed by atoms with Crippen molar-refractivity contribution in [2.75, 3.05) is 6.61 Å². The first kappa shape index (κ1) is 23.1. The molecule has 2 saturated carbocycles. The van der Waals surface area contributed by atoms with Gasteiger partial charge in [-0.3, -0.25) is 4.79 Å². The van der Waals surface area contributed by atoms with Crippen LogP contribution in [-0.2, 0) is 4.79 Å². The topological polar surface area (TPSA) is 57.5 Å². The van der Waals surface area contributed by atoms with Gasteiger partial charge in [-0.1, -0.05) is 48.9 Å². The highest BCUT2D eigenvalue weighted by Crippen LogP contribution is 2.67. The molecule has 1 heterocycles. The number of benzene rings is 1. The lowest BCUT2D eigenvalue weighted by molar-refractivity contribution is -0.114. The Balaban J connectivity index is 1.47. The number of fused-ring (bicyclic) bond motifs is 4. The van der Waals surface area contributed by atoms with Crippen LogP contribution in [0.3, 0.4) is 0 Å². The molecule has 0 bridgehead atoms. The van der Waals surface area contributed by atoms with Crippen LogP contribution < -0.4 is 0 Å². The van der Waals surface area contributed by atoms with Crippen LogP contribution in [0.25, 0.3) is 11.1 Å². The van der Waals surface area contributed by atoms with Crippen LogP contribution in [0.15, 0.2) is 76.0 Å². The van der Waals surface area contributed by atoms with E-state index in [2.05, 4.69) is 48.0 Å². The first-order chi connectivity index (χ1) is 16.9. The Kier molecular flexibility index (Phi) is 5.75. The molecule has 1 aromatic heterocycles. The summed E-state index contributed by atoms with van der Waals surface area (Å²) in [5, 5.41) is 25.7. The van der Waals surface area contributed by atoms with E-state index in [-0.39, 0.29) is 23.7 Å². The van der Waals surface area contributed by atoms with Crippen molar-refractivity contribution in [3.63, 3.8) is 0 Å². The summed E-state index contributed by atoms with van der Waals surface area (Å²) in [5.41, 5.74) is 6.91. The number of carbonyl (C=O) groups is 1. The van der Waals surface area contributed by atoms with Gasteiger partial charge in [0.25, 0.3) is 0 Å². The number of ketones is 1.